The SMILES string of the molecule is COc1cc(O)c(C(=O)/C=C/c2ccccc2OCCCCn2c(Cl)nc3ccccc32)c(OC)c1OC. The zero-order valence-corrected chi connectivity index (χ0v) is 22.2. The fourth-order valence-electron chi connectivity index (χ4n) is 4.19. The predicted octanol–water partition coefficient (Wildman–Crippen LogP) is 6.18. The number of aromatic hydroxyl groups is 1. The maximum atomic E-state index is 13.0. The van der Waals surface area contributed by atoms with Crippen LogP contribution in [0.4, 0.5) is 0 Å². The molecule has 1 aromatic heterocycles. The number of aromatic nitrogens is 2. The van der Waals surface area contributed by atoms with Gasteiger partial charge in [-0.05, 0) is 54.8 Å². The van der Waals surface area contributed by atoms with Crippen molar-refractivity contribution in [1.29, 1.82) is 0 Å². The summed E-state index contributed by atoms with van der Waals surface area (Å²) in [5, 5.41) is 11.0. The minimum absolute atomic E-state index is 0.0227. The first kappa shape index (κ1) is 26.9. The third-order valence-corrected chi connectivity index (χ3v) is 6.32. The second-order valence-corrected chi connectivity index (χ2v) is 8.69. The smallest absolute Gasteiger partial charge is 0.204 e. The molecule has 0 unspecified atom stereocenters. The van der Waals surface area contributed by atoms with Gasteiger partial charge in [-0.25, -0.2) is 4.98 Å². The first-order valence-corrected chi connectivity index (χ1v) is 12.4. The van der Waals surface area contributed by atoms with E-state index in [-0.39, 0.29) is 28.6 Å². The topological polar surface area (TPSA) is 92.0 Å². The van der Waals surface area contributed by atoms with Crippen molar-refractivity contribution in [3.63, 3.8) is 0 Å². The Balaban J connectivity index is 1.41. The average Bonchev–Trinajstić information content (AvgIpc) is 3.25. The van der Waals surface area contributed by atoms with Crippen LogP contribution in [0, 0.1) is 0 Å². The molecule has 0 saturated carbocycles. The molecule has 0 atom stereocenters. The highest BCUT2D eigenvalue weighted by atomic mass is 35.5. The highest BCUT2D eigenvalue weighted by Crippen LogP contribution is 2.45. The molecular weight excluding hydrogens is 508 g/mol. The standard InChI is InChI=1S/C29H29ClN2O6/c1-35-25-18-23(34)26(28(37-3)27(25)36-2)22(33)15-14-19-10-4-7-13-24(19)38-17-9-8-16-32-21-12-6-5-11-20(21)31-29(32)30/h4-7,10-15,18,34H,8-9,16-17H2,1-3H3/b15-14+. The summed E-state index contributed by atoms with van der Waals surface area (Å²) in [5.41, 5.74) is 2.59. The molecule has 0 amide bonds. The molecule has 4 aromatic rings. The molecule has 0 spiro atoms. The van der Waals surface area contributed by atoms with Crippen LogP contribution in [0.25, 0.3) is 17.1 Å². The summed E-state index contributed by atoms with van der Waals surface area (Å²) in [6.45, 7) is 1.22. The molecule has 9 heteroatoms. The van der Waals surface area contributed by atoms with Gasteiger partial charge in [-0.3, -0.25) is 4.79 Å². The molecule has 0 saturated heterocycles. The Morgan fingerprint density at radius 2 is 1.71 bits per heavy atom. The number of hydrogen-bond acceptors (Lipinski definition) is 7. The number of hydrogen-bond donors (Lipinski definition) is 1. The highest BCUT2D eigenvalue weighted by Gasteiger charge is 2.24. The Kier molecular flexibility index (Phi) is 8.76. The number of rotatable bonds is 12. The summed E-state index contributed by atoms with van der Waals surface area (Å²) in [6, 6.07) is 16.6. The van der Waals surface area contributed by atoms with Gasteiger partial charge in [0.15, 0.2) is 17.3 Å². The van der Waals surface area contributed by atoms with Crippen molar-refractivity contribution in [2.75, 3.05) is 27.9 Å². The van der Waals surface area contributed by atoms with Gasteiger partial charge in [0.1, 0.15) is 17.1 Å². The van der Waals surface area contributed by atoms with Crippen LogP contribution in [-0.2, 0) is 6.54 Å². The van der Waals surface area contributed by atoms with Crippen molar-refractivity contribution in [3.05, 3.63) is 77.1 Å². The van der Waals surface area contributed by atoms with Crippen LogP contribution in [0.5, 0.6) is 28.7 Å². The van der Waals surface area contributed by atoms with E-state index in [0.29, 0.717) is 17.6 Å². The zero-order chi connectivity index (χ0) is 27.1. The minimum atomic E-state index is -0.459. The number of methoxy groups -OCH3 is 3. The Morgan fingerprint density at radius 3 is 2.47 bits per heavy atom. The van der Waals surface area contributed by atoms with E-state index < -0.39 is 5.78 Å². The second-order valence-electron chi connectivity index (χ2n) is 8.35. The molecule has 0 bridgehead atoms. The molecular formula is C29H29ClN2O6. The molecule has 4 rings (SSSR count). The Hall–Kier alpha value is -4.17. The number of unbranched alkanes of at least 4 members (excludes halogenated alkanes) is 1. The van der Waals surface area contributed by atoms with E-state index >= 15 is 0 Å². The number of halogens is 1. The van der Waals surface area contributed by atoms with E-state index in [0.717, 1.165) is 36.0 Å². The van der Waals surface area contributed by atoms with Crippen LogP contribution in [0.3, 0.4) is 0 Å². The van der Waals surface area contributed by atoms with Crippen LogP contribution in [0.15, 0.2) is 60.7 Å². The van der Waals surface area contributed by atoms with E-state index in [1.807, 2.05) is 53.1 Å². The van der Waals surface area contributed by atoms with Gasteiger partial charge in [-0.2, -0.15) is 0 Å². The van der Waals surface area contributed by atoms with E-state index in [4.69, 9.17) is 30.5 Å². The number of phenols is 1. The van der Waals surface area contributed by atoms with Crippen molar-refractivity contribution in [3.8, 4) is 28.7 Å². The fraction of sp³-hybridized carbons (Fsp3) is 0.241. The average molecular weight is 537 g/mol. The summed E-state index contributed by atoms with van der Waals surface area (Å²) in [4.78, 5) is 17.4. The highest BCUT2D eigenvalue weighted by molar-refractivity contribution is 6.29. The lowest BCUT2D eigenvalue weighted by Crippen LogP contribution is -2.04. The van der Waals surface area contributed by atoms with Crippen molar-refractivity contribution in [2.45, 2.75) is 19.4 Å². The summed E-state index contributed by atoms with van der Waals surface area (Å²) in [6.07, 6.45) is 4.66. The van der Waals surface area contributed by atoms with Crippen LogP contribution in [0.2, 0.25) is 5.28 Å². The molecule has 38 heavy (non-hydrogen) atoms. The van der Waals surface area contributed by atoms with Crippen molar-refractivity contribution in [2.24, 2.45) is 0 Å². The van der Waals surface area contributed by atoms with Gasteiger partial charge in [0.2, 0.25) is 11.0 Å². The minimum Gasteiger partial charge on any atom is -0.507 e. The number of allylic oxidation sites excluding steroid dienone is 1. The molecule has 8 nitrogen and oxygen atoms in total. The van der Waals surface area contributed by atoms with E-state index in [1.54, 1.807) is 6.08 Å². The summed E-state index contributed by atoms with van der Waals surface area (Å²) < 4.78 is 23.9. The van der Waals surface area contributed by atoms with Gasteiger partial charge in [0, 0.05) is 18.2 Å². The molecule has 0 fully saturated rings. The monoisotopic (exact) mass is 536 g/mol. The number of imidazole rings is 1. The molecule has 0 aliphatic rings. The third-order valence-electron chi connectivity index (χ3n) is 6.03. The van der Waals surface area contributed by atoms with Gasteiger partial charge in [0.25, 0.3) is 0 Å². The van der Waals surface area contributed by atoms with Crippen LogP contribution in [0.1, 0.15) is 28.8 Å². The lowest BCUT2D eigenvalue weighted by Gasteiger charge is -2.15. The van der Waals surface area contributed by atoms with Crippen molar-refractivity contribution >= 4 is 34.5 Å². The number of carbonyl (C=O) groups excluding carboxylic acids is 1. The fourth-order valence-corrected chi connectivity index (χ4v) is 4.46. The maximum Gasteiger partial charge on any atom is 0.204 e. The summed E-state index contributed by atoms with van der Waals surface area (Å²) >= 11 is 6.31. The van der Waals surface area contributed by atoms with Crippen LogP contribution >= 0.6 is 11.6 Å². The second kappa shape index (κ2) is 12.4. The molecule has 3 aromatic carbocycles. The van der Waals surface area contributed by atoms with Gasteiger partial charge < -0.3 is 28.6 Å². The molecule has 0 aliphatic heterocycles. The number of phenolic OH excluding ortho intramolecular Hbond substituents is 1. The van der Waals surface area contributed by atoms with E-state index in [1.165, 1.54) is 33.5 Å². The van der Waals surface area contributed by atoms with Gasteiger partial charge in [0.05, 0.1) is 39.0 Å². The van der Waals surface area contributed by atoms with Crippen molar-refractivity contribution < 1.29 is 28.8 Å². The lowest BCUT2D eigenvalue weighted by molar-refractivity contribution is 0.104. The number of carbonyl (C=O) groups is 1. The first-order chi connectivity index (χ1) is 18.5. The first-order valence-electron chi connectivity index (χ1n) is 12.1. The van der Waals surface area contributed by atoms with Crippen LogP contribution in [-0.4, -0.2) is 48.4 Å². The molecule has 1 heterocycles. The molecule has 0 radical (unpaired) electrons. The van der Waals surface area contributed by atoms with Crippen LogP contribution < -0.4 is 18.9 Å². The van der Waals surface area contributed by atoms with Crippen molar-refractivity contribution in [1.82, 2.24) is 9.55 Å². The predicted molar refractivity (Wildman–Crippen MR) is 147 cm³/mol. The molecule has 0 aliphatic carbocycles. The summed E-state index contributed by atoms with van der Waals surface area (Å²) in [5.74, 6) is 0.479. The quantitative estimate of drug-likeness (QED) is 0.131. The Morgan fingerprint density at radius 1 is 0.974 bits per heavy atom. The maximum absolute atomic E-state index is 13.0. The lowest BCUT2D eigenvalue weighted by atomic mass is 10.0. The number of ether oxygens (including phenoxy) is 4. The Bertz CT molecular complexity index is 1460. The number of para-hydroxylation sites is 3. The van der Waals surface area contributed by atoms with Gasteiger partial charge in [-0.15, -0.1) is 0 Å². The number of benzene rings is 3. The number of aryl methyl sites for hydroxylation is 1. The largest absolute Gasteiger partial charge is 0.507 e. The van der Waals surface area contributed by atoms with Gasteiger partial charge >= 0.3 is 0 Å². The number of ketones is 1. The third kappa shape index (κ3) is 5.70. The molecule has 1 N–H and O–H groups in total. The summed E-state index contributed by atoms with van der Waals surface area (Å²) in [7, 11) is 4.26. The Labute approximate surface area is 226 Å². The zero-order valence-electron chi connectivity index (χ0n) is 21.4. The van der Waals surface area contributed by atoms with E-state index in [2.05, 4.69) is 4.98 Å². The normalized spacial score (nSPS) is 11.2. The number of nitrogens with zero attached hydrogens (tertiary/aromatic N) is 2. The molecule has 198 valence electrons. The van der Waals surface area contributed by atoms with E-state index in [9.17, 15) is 9.90 Å². The van der Waals surface area contributed by atoms with Gasteiger partial charge in [-0.1, -0.05) is 30.3 Å². The number of fused-ring (bicyclic) bond motifs is 1.